The molecule has 0 amide bonds. The fourth-order valence-corrected chi connectivity index (χ4v) is 7.04. The lowest BCUT2D eigenvalue weighted by molar-refractivity contribution is -0.154. The van der Waals surface area contributed by atoms with Crippen LogP contribution in [0.15, 0.2) is 60.8 Å². The number of nitrogens with two attached hydrogens (primary N) is 1. The third-order valence-corrected chi connectivity index (χ3v) is 10.7. The van der Waals surface area contributed by atoms with Crippen molar-refractivity contribution in [2.45, 2.75) is 206 Å². The van der Waals surface area contributed by atoms with Crippen molar-refractivity contribution in [2.24, 2.45) is 5.73 Å². The Kier molecular flexibility index (Phi) is 43.9. The highest BCUT2D eigenvalue weighted by Crippen LogP contribution is 2.43. The number of hydrogen-bond donors (Lipinski definition) is 2. The van der Waals surface area contributed by atoms with E-state index in [1.807, 2.05) is 0 Å². The van der Waals surface area contributed by atoms with Gasteiger partial charge in [0.05, 0.1) is 19.8 Å². The maximum Gasteiger partial charge on any atom is 0.472 e. The molecule has 0 aliphatic carbocycles. The van der Waals surface area contributed by atoms with Crippen LogP contribution in [0.4, 0.5) is 0 Å². The van der Waals surface area contributed by atoms with E-state index >= 15 is 0 Å². The summed E-state index contributed by atoms with van der Waals surface area (Å²) < 4.78 is 33.5. The third kappa shape index (κ3) is 45.1. The number of esters is 1. The summed E-state index contributed by atoms with van der Waals surface area (Å²) in [5.74, 6) is -0.341. The van der Waals surface area contributed by atoms with E-state index in [0.717, 1.165) is 70.6 Å². The first-order valence-corrected chi connectivity index (χ1v) is 24.8. The Labute approximate surface area is 351 Å². The molecule has 2 unspecified atom stereocenters. The van der Waals surface area contributed by atoms with Gasteiger partial charge in [-0.2, -0.15) is 0 Å². The Morgan fingerprint density at radius 3 is 1.49 bits per heavy atom. The van der Waals surface area contributed by atoms with Crippen molar-refractivity contribution in [3.63, 3.8) is 0 Å². The Morgan fingerprint density at radius 2 is 0.982 bits per heavy atom. The van der Waals surface area contributed by atoms with Crippen molar-refractivity contribution in [3.05, 3.63) is 60.8 Å². The molecular formula is C48H88NO7P. The molecular weight excluding hydrogens is 734 g/mol. The SMILES string of the molecule is CC/C=C\C/C=C\C/C=C\C/C=C\CCCCCCCCCCCCCOCC(COP(=O)(O)OCCN)OC(=O)CCCCCCC/C=C\CCCCCCC. The first-order valence-electron chi connectivity index (χ1n) is 23.3. The number of rotatable bonds is 44. The molecule has 0 aliphatic heterocycles. The number of allylic oxidation sites excluding steroid dienone is 10. The van der Waals surface area contributed by atoms with Gasteiger partial charge in [0, 0.05) is 19.6 Å². The minimum Gasteiger partial charge on any atom is -0.457 e. The minimum absolute atomic E-state index is 0.0968. The summed E-state index contributed by atoms with van der Waals surface area (Å²) in [6.07, 6.45) is 55.3. The molecule has 0 spiro atoms. The maximum absolute atomic E-state index is 12.6. The van der Waals surface area contributed by atoms with Crippen LogP contribution < -0.4 is 5.73 Å². The fraction of sp³-hybridized carbons (Fsp3) is 0.771. The van der Waals surface area contributed by atoms with E-state index in [2.05, 4.69) is 74.6 Å². The molecule has 0 aromatic carbocycles. The van der Waals surface area contributed by atoms with Crippen LogP contribution in [-0.4, -0.2) is 49.9 Å². The van der Waals surface area contributed by atoms with Crippen LogP contribution in [0, 0.1) is 0 Å². The second-order valence-electron chi connectivity index (χ2n) is 15.2. The summed E-state index contributed by atoms with van der Waals surface area (Å²) in [7, 11) is -4.28. The van der Waals surface area contributed by atoms with Gasteiger partial charge in [-0.15, -0.1) is 0 Å². The molecule has 8 nitrogen and oxygen atoms in total. The largest absolute Gasteiger partial charge is 0.472 e. The van der Waals surface area contributed by atoms with E-state index in [9.17, 15) is 14.3 Å². The first kappa shape index (κ1) is 55.2. The van der Waals surface area contributed by atoms with Crippen LogP contribution in [0.2, 0.25) is 0 Å². The molecule has 0 saturated heterocycles. The third-order valence-electron chi connectivity index (χ3n) is 9.67. The monoisotopic (exact) mass is 822 g/mol. The minimum atomic E-state index is -4.28. The number of ether oxygens (including phenoxy) is 2. The van der Waals surface area contributed by atoms with Crippen LogP contribution in [0.3, 0.4) is 0 Å². The molecule has 0 bridgehead atoms. The Balaban J connectivity index is 3.96. The van der Waals surface area contributed by atoms with E-state index in [1.165, 1.54) is 109 Å². The number of carbonyl (C=O) groups is 1. The Morgan fingerprint density at radius 1 is 0.544 bits per heavy atom. The highest BCUT2D eigenvalue weighted by Gasteiger charge is 2.25. The second kappa shape index (κ2) is 45.3. The van der Waals surface area contributed by atoms with Gasteiger partial charge in [-0.1, -0.05) is 177 Å². The normalized spacial score (nSPS) is 14.0. The molecule has 3 N–H and O–H groups in total. The molecule has 0 aromatic heterocycles. The summed E-state index contributed by atoms with van der Waals surface area (Å²) in [4.78, 5) is 22.5. The molecule has 2 atom stereocenters. The topological polar surface area (TPSA) is 117 Å². The highest BCUT2D eigenvalue weighted by molar-refractivity contribution is 7.47. The summed E-state index contributed by atoms with van der Waals surface area (Å²) >= 11 is 0. The molecule has 0 rings (SSSR count). The Hall–Kier alpha value is -1.80. The van der Waals surface area contributed by atoms with E-state index in [4.69, 9.17) is 24.3 Å². The molecule has 0 heterocycles. The summed E-state index contributed by atoms with van der Waals surface area (Å²) in [5, 5.41) is 0. The molecule has 0 radical (unpaired) electrons. The van der Waals surface area contributed by atoms with E-state index in [0.29, 0.717) is 13.0 Å². The average molecular weight is 822 g/mol. The lowest BCUT2D eigenvalue weighted by Crippen LogP contribution is -2.28. The standard InChI is InChI=1S/C48H88NO7P/c1-3-5-7-9-11-13-15-17-19-20-21-22-23-24-25-26-27-28-30-32-34-36-38-40-43-53-45-47(46-55-57(51,52)54-44-42-49)56-48(50)41-39-37-35-33-31-29-18-16-14-12-10-8-6-4-2/h5,7,11,13,16-19,21-22,47H,3-4,6,8-10,12,14-15,20,23-46,49H2,1-2H3,(H,51,52)/b7-5-,13-11-,18-16-,19-17-,22-21-. The zero-order valence-electron chi connectivity index (χ0n) is 36.8. The van der Waals surface area contributed by atoms with Crippen molar-refractivity contribution >= 4 is 13.8 Å². The number of unbranched alkanes of at least 4 members (excludes halogenated alkanes) is 21. The first-order chi connectivity index (χ1) is 27.9. The molecule has 332 valence electrons. The van der Waals surface area contributed by atoms with Gasteiger partial charge in [-0.25, -0.2) is 4.57 Å². The van der Waals surface area contributed by atoms with Gasteiger partial charge >= 0.3 is 13.8 Å². The van der Waals surface area contributed by atoms with Crippen molar-refractivity contribution < 1.29 is 32.8 Å². The van der Waals surface area contributed by atoms with Gasteiger partial charge in [0.2, 0.25) is 0 Å². The van der Waals surface area contributed by atoms with Gasteiger partial charge in [0.25, 0.3) is 0 Å². The lowest BCUT2D eigenvalue weighted by atomic mass is 10.1. The van der Waals surface area contributed by atoms with Crippen LogP contribution >= 0.6 is 7.82 Å². The molecule has 0 aliphatic rings. The molecule has 9 heteroatoms. The predicted octanol–water partition coefficient (Wildman–Crippen LogP) is 14.1. The summed E-state index contributed by atoms with van der Waals surface area (Å²) in [6, 6.07) is 0. The number of hydrogen-bond acceptors (Lipinski definition) is 7. The van der Waals surface area contributed by atoms with E-state index in [-0.39, 0.29) is 32.3 Å². The van der Waals surface area contributed by atoms with E-state index < -0.39 is 13.9 Å². The van der Waals surface area contributed by atoms with Crippen LogP contribution in [0.5, 0.6) is 0 Å². The predicted molar refractivity (Wildman–Crippen MR) is 242 cm³/mol. The fourth-order valence-electron chi connectivity index (χ4n) is 6.28. The van der Waals surface area contributed by atoms with Crippen molar-refractivity contribution in [1.82, 2.24) is 0 Å². The lowest BCUT2D eigenvalue weighted by Gasteiger charge is -2.20. The smallest absolute Gasteiger partial charge is 0.457 e. The van der Waals surface area contributed by atoms with Crippen molar-refractivity contribution in [3.8, 4) is 0 Å². The zero-order chi connectivity index (χ0) is 41.6. The van der Waals surface area contributed by atoms with Crippen LogP contribution in [0.25, 0.3) is 0 Å². The van der Waals surface area contributed by atoms with Crippen LogP contribution in [-0.2, 0) is 27.9 Å². The number of phosphoric acid groups is 1. The quantitative estimate of drug-likeness (QED) is 0.0270. The maximum atomic E-state index is 12.6. The summed E-state index contributed by atoms with van der Waals surface area (Å²) in [5.41, 5.74) is 5.37. The van der Waals surface area contributed by atoms with Gasteiger partial charge in [-0.3, -0.25) is 13.8 Å². The number of phosphoric ester groups is 1. The Bertz CT molecular complexity index is 1060. The van der Waals surface area contributed by atoms with Gasteiger partial charge in [-0.05, 0) is 77.0 Å². The second-order valence-corrected chi connectivity index (χ2v) is 16.7. The molecule has 0 fully saturated rings. The van der Waals surface area contributed by atoms with Gasteiger partial charge in [0.15, 0.2) is 0 Å². The highest BCUT2D eigenvalue weighted by atomic mass is 31.2. The van der Waals surface area contributed by atoms with E-state index in [1.54, 1.807) is 0 Å². The zero-order valence-corrected chi connectivity index (χ0v) is 37.7. The van der Waals surface area contributed by atoms with Gasteiger partial charge in [0.1, 0.15) is 6.10 Å². The number of carbonyl (C=O) groups excluding carboxylic acids is 1. The summed E-state index contributed by atoms with van der Waals surface area (Å²) in [6.45, 7) is 4.79. The molecule has 0 aromatic rings. The molecule has 57 heavy (non-hydrogen) atoms. The van der Waals surface area contributed by atoms with Crippen molar-refractivity contribution in [1.29, 1.82) is 0 Å². The molecule has 0 saturated carbocycles. The van der Waals surface area contributed by atoms with Crippen molar-refractivity contribution in [2.75, 3.05) is 33.0 Å². The average Bonchev–Trinajstić information content (AvgIpc) is 3.20. The van der Waals surface area contributed by atoms with Gasteiger partial charge < -0.3 is 20.1 Å². The van der Waals surface area contributed by atoms with Crippen LogP contribution in [0.1, 0.15) is 200 Å².